The van der Waals surface area contributed by atoms with Gasteiger partial charge >= 0.3 is 5.97 Å². The van der Waals surface area contributed by atoms with Crippen molar-refractivity contribution < 1.29 is 19.1 Å². The van der Waals surface area contributed by atoms with Crippen molar-refractivity contribution >= 4 is 57.7 Å². The fourth-order valence-electron chi connectivity index (χ4n) is 2.28. The zero-order chi connectivity index (χ0) is 17.7. The summed E-state index contributed by atoms with van der Waals surface area (Å²) in [4.78, 5) is 37.5. The molecule has 1 saturated heterocycles. The average Bonchev–Trinajstić information content (AvgIpc) is 2.56. The van der Waals surface area contributed by atoms with E-state index in [2.05, 4.69) is 38.0 Å². The number of ether oxygens (including phenoxy) is 1. The minimum Gasteiger partial charge on any atom is -0.469 e. The van der Waals surface area contributed by atoms with E-state index in [-0.39, 0.29) is 23.3 Å². The first-order valence-electron chi connectivity index (χ1n) is 7.15. The number of thiocarbonyl (C=S) groups is 1. The average molecular weight is 461 g/mol. The molecule has 1 fully saturated rings. The number of rotatable bonds is 3. The summed E-state index contributed by atoms with van der Waals surface area (Å²) < 4.78 is 5.41. The topological polar surface area (TPSA) is 87.7 Å². The van der Waals surface area contributed by atoms with Crippen molar-refractivity contribution in [3.05, 3.63) is 33.4 Å². The number of methoxy groups -OCH3 is 1. The molecular weight excluding hydrogens is 445 g/mol. The molecule has 1 atom stereocenters. The first kappa shape index (κ1) is 18.6. The smallest absolute Gasteiger partial charge is 0.308 e. The largest absolute Gasteiger partial charge is 0.469 e. The third-order valence-electron chi connectivity index (χ3n) is 3.52. The van der Waals surface area contributed by atoms with Crippen LogP contribution < -0.4 is 10.6 Å². The Morgan fingerprint density at radius 3 is 2.83 bits per heavy atom. The van der Waals surface area contributed by atoms with E-state index in [0.717, 1.165) is 3.57 Å². The molecule has 0 aliphatic carbocycles. The summed E-state index contributed by atoms with van der Waals surface area (Å²) in [7, 11) is 1.25. The normalized spacial score (nSPS) is 17.0. The number of hydrogen-bond acceptors (Lipinski definition) is 5. The van der Waals surface area contributed by atoms with E-state index in [0.29, 0.717) is 18.7 Å². The molecule has 2 rings (SSSR count). The fourth-order valence-corrected chi connectivity index (χ4v) is 3.23. The van der Waals surface area contributed by atoms with E-state index < -0.39 is 12.0 Å². The Balaban J connectivity index is 2.11. The predicted octanol–water partition coefficient (Wildman–Crippen LogP) is 0.669. The van der Waals surface area contributed by atoms with Crippen LogP contribution in [0.15, 0.2) is 24.3 Å². The van der Waals surface area contributed by atoms with Gasteiger partial charge in [-0.1, -0.05) is 12.1 Å². The van der Waals surface area contributed by atoms with Gasteiger partial charge in [0.25, 0.3) is 5.91 Å². The Bertz CT molecular complexity index is 682. The number of nitrogens with zero attached hydrogens (tertiary/aromatic N) is 1. The summed E-state index contributed by atoms with van der Waals surface area (Å²) in [5.41, 5.74) is 0.492. The number of benzene rings is 1. The number of nitrogens with one attached hydrogen (secondary N) is 2. The summed E-state index contributed by atoms with van der Waals surface area (Å²) in [6, 6.07) is 6.29. The highest BCUT2D eigenvalue weighted by Crippen LogP contribution is 2.13. The maximum Gasteiger partial charge on any atom is 0.308 e. The summed E-state index contributed by atoms with van der Waals surface area (Å²) in [6.45, 7) is 0.785. The molecule has 9 heteroatoms. The molecule has 1 aliphatic rings. The molecular formula is C15H16IN3O4S. The van der Waals surface area contributed by atoms with Gasteiger partial charge in [-0.25, -0.2) is 0 Å². The number of halogens is 1. The molecule has 0 bridgehead atoms. The van der Waals surface area contributed by atoms with Gasteiger partial charge in [0.05, 0.1) is 19.1 Å². The Morgan fingerprint density at radius 1 is 1.46 bits per heavy atom. The molecule has 0 saturated carbocycles. The van der Waals surface area contributed by atoms with Gasteiger partial charge in [-0.05, 0) is 46.9 Å². The lowest BCUT2D eigenvalue weighted by Gasteiger charge is -2.36. The van der Waals surface area contributed by atoms with Crippen LogP contribution in [0.2, 0.25) is 0 Å². The standard InChI is InChI=1S/C15H16IN3O4S/c1-23-12(20)8-11-14(22)17-6-7-19(11)15(24)18-13(21)9-4-2-3-5-10(9)16/h2-5,11H,6-8H2,1H3,(H,17,22)(H,18,21,24). The quantitative estimate of drug-likeness (QED) is 0.391. The van der Waals surface area contributed by atoms with E-state index in [1.165, 1.54) is 7.11 Å². The Morgan fingerprint density at radius 2 is 2.17 bits per heavy atom. The third kappa shape index (κ3) is 4.41. The van der Waals surface area contributed by atoms with Crippen molar-refractivity contribution in [2.75, 3.05) is 20.2 Å². The molecule has 0 spiro atoms. The lowest BCUT2D eigenvalue weighted by molar-refractivity contribution is -0.144. The fraction of sp³-hybridized carbons (Fsp3) is 0.333. The molecule has 2 N–H and O–H groups in total. The maximum absolute atomic E-state index is 12.4. The molecule has 24 heavy (non-hydrogen) atoms. The predicted molar refractivity (Wildman–Crippen MR) is 99.4 cm³/mol. The van der Waals surface area contributed by atoms with E-state index in [9.17, 15) is 14.4 Å². The van der Waals surface area contributed by atoms with Crippen molar-refractivity contribution in [2.45, 2.75) is 12.5 Å². The van der Waals surface area contributed by atoms with Crippen molar-refractivity contribution in [3.8, 4) is 0 Å². The van der Waals surface area contributed by atoms with Crippen molar-refractivity contribution in [1.29, 1.82) is 0 Å². The van der Waals surface area contributed by atoms with Gasteiger partial charge < -0.3 is 15.0 Å². The second kappa shape index (κ2) is 8.38. The molecule has 1 aromatic rings. The minimum atomic E-state index is -0.797. The zero-order valence-corrected chi connectivity index (χ0v) is 15.8. The van der Waals surface area contributed by atoms with Gasteiger partial charge in [-0.3, -0.25) is 19.7 Å². The van der Waals surface area contributed by atoms with E-state index in [1.807, 2.05) is 12.1 Å². The number of carbonyl (C=O) groups is 3. The third-order valence-corrected chi connectivity index (χ3v) is 4.80. The molecule has 1 aromatic carbocycles. The van der Waals surface area contributed by atoms with Crippen molar-refractivity contribution in [1.82, 2.24) is 15.5 Å². The number of carbonyl (C=O) groups excluding carboxylic acids is 3. The monoisotopic (exact) mass is 461 g/mol. The van der Waals surface area contributed by atoms with Gasteiger partial charge in [0, 0.05) is 16.7 Å². The maximum atomic E-state index is 12.4. The lowest BCUT2D eigenvalue weighted by atomic mass is 10.1. The van der Waals surface area contributed by atoms with Crippen LogP contribution in [0.3, 0.4) is 0 Å². The van der Waals surface area contributed by atoms with Crippen LogP contribution in [0.4, 0.5) is 0 Å². The van der Waals surface area contributed by atoms with Crippen LogP contribution >= 0.6 is 34.8 Å². The SMILES string of the molecule is COC(=O)CC1C(=O)NCCN1C(=S)NC(=O)c1ccccc1I. The highest BCUT2D eigenvalue weighted by molar-refractivity contribution is 14.1. The van der Waals surface area contributed by atoms with E-state index >= 15 is 0 Å². The van der Waals surface area contributed by atoms with Crippen LogP contribution in [0.25, 0.3) is 0 Å². The van der Waals surface area contributed by atoms with E-state index in [4.69, 9.17) is 12.2 Å². The van der Waals surface area contributed by atoms with Crippen LogP contribution in [-0.2, 0) is 14.3 Å². The van der Waals surface area contributed by atoms with Gasteiger partial charge in [-0.2, -0.15) is 0 Å². The van der Waals surface area contributed by atoms with Crippen molar-refractivity contribution in [3.63, 3.8) is 0 Å². The first-order chi connectivity index (χ1) is 11.4. The summed E-state index contributed by atoms with van der Waals surface area (Å²) in [5.74, 6) is -1.20. The summed E-state index contributed by atoms with van der Waals surface area (Å²) in [5, 5.41) is 5.42. The van der Waals surface area contributed by atoms with Crippen LogP contribution in [0, 0.1) is 3.57 Å². The highest BCUT2D eigenvalue weighted by atomic mass is 127. The second-order valence-electron chi connectivity index (χ2n) is 5.02. The molecule has 2 amide bonds. The molecule has 1 heterocycles. The Kier molecular flexibility index (Phi) is 6.49. The Labute approximate surface area is 158 Å². The second-order valence-corrected chi connectivity index (χ2v) is 6.57. The Hall–Kier alpha value is -1.75. The lowest BCUT2D eigenvalue weighted by Crippen LogP contribution is -2.60. The van der Waals surface area contributed by atoms with Crippen LogP contribution in [0.1, 0.15) is 16.8 Å². The summed E-state index contributed by atoms with van der Waals surface area (Å²) in [6.07, 6.45) is -0.138. The highest BCUT2D eigenvalue weighted by Gasteiger charge is 2.34. The van der Waals surface area contributed by atoms with Crippen LogP contribution in [0.5, 0.6) is 0 Å². The molecule has 0 aromatic heterocycles. The van der Waals surface area contributed by atoms with E-state index in [1.54, 1.807) is 17.0 Å². The van der Waals surface area contributed by atoms with Gasteiger partial charge in [0.15, 0.2) is 5.11 Å². The molecule has 128 valence electrons. The molecule has 1 unspecified atom stereocenters. The van der Waals surface area contributed by atoms with Crippen molar-refractivity contribution in [2.24, 2.45) is 0 Å². The van der Waals surface area contributed by atoms with Gasteiger partial charge in [0.2, 0.25) is 5.91 Å². The van der Waals surface area contributed by atoms with Gasteiger partial charge in [-0.15, -0.1) is 0 Å². The molecule has 7 nitrogen and oxygen atoms in total. The number of hydrogen-bond donors (Lipinski definition) is 2. The number of amides is 2. The minimum absolute atomic E-state index is 0.114. The molecule has 1 aliphatic heterocycles. The zero-order valence-electron chi connectivity index (χ0n) is 12.9. The van der Waals surface area contributed by atoms with Gasteiger partial charge in [0.1, 0.15) is 6.04 Å². The first-order valence-corrected chi connectivity index (χ1v) is 8.63. The summed E-state index contributed by atoms with van der Waals surface area (Å²) >= 11 is 7.33. The van der Waals surface area contributed by atoms with Crippen LogP contribution in [-0.4, -0.2) is 54.0 Å². The number of piperazine rings is 1. The molecule has 0 radical (unpaired) electrons. The number of esters is 1.